The zero-order chi connectivity index (χ0) is 12.8. The Bertz CT molecular complexity index is 388. The van der Waals surface area contributed by atoms with Gasteiger partial charge in [-0.3, -0.25) is 0 Å². The van der Waals surface area contributed by atoms with Gasteiger partial charge < -0.3 is 19.9 Å². The van der Waals surface area contributed by atoms with Crippen molar-refractivity contribution >= 4 is 17.2 Å². The summed E-state index contributed by atoms with van der Waals surface area (Å²) in [5.74, 6) is 0.793. The van der Waals surface area contributed by atoms with Crippen molar-refractivity contribution in [1.29, 1.82) is 0 Å². The molecule has 1 fully saturated rings. The number of hydrogen-bond acceptors (Lipinski definition) is 4. The van der Waals surface area contributed by atoms with E-state index in [0.717, 1.165) is 24.3 Å². The third kappa shape index (κ3) is 3.94. The summed E-state index contributed by atoms with van der Waals surface area (Å²) < 4.78 is 16.4. The number of hydrogen-bond donors (Lipinski definition) is 1. The topological polar surface area (TPSA) is 53.7 Å². The fourth-order valence-corrected chi connectivity index (χ4v) is 1.87. The highest BCUT2D eigenvalue weighted by molar-refractivity contribution is 7.80. The standard InChI is InChI=1S/C13H17NO3S/c14-13(18)10-1-3-11(4-2-10)16-7-8-17-12-5-6-15-9-12/h1-4,12H,5-9H2,(H2,14,18). The number of rotatable bonds is 6. The number of nitrogens with two attached hydrogens (primary N) is 1. The van der Waals surface area contributed by atoms with Crippen LogP contribution in [0.4, 0.5) is 0 Å². The van der Waals surface area contributed by atoms with Crippen LogP contribution in [0.3, 0.4) is 0 Å². The Kier molecular flexibility index (Phi) is 4.92. The average Bonchev–Trinajstić information content (AvgIpc) is 2.88. The molecule has 1 atom stereocenters. The number of benzene rings is 1. The Morgan fingerprint density at radius 3 is 2.72 bits per heavy atom. The van der Waals surface area contributed by atoms with Gasteiger partial charge in [0.25, 0.3) is 0 Å². The lowest BCUT2D eigenvalue weighted by molar-refractivity contribution is 0.0265. The Balaban J connectivity index is 1.68. The maximum absolute atomic E-state index is 5.60. The highest BCUT2D eigenvalue weighted by atomic mass is 32.1. The maximum Gasteiger partial charge on any atom is 0.119 e. The van der Waals surface area contributed by atoms with E-state index in [1.807, 2.05) is 24.3 Å². The van der Waals surface area contributed by atoms with Gasteiger partial charge in [0.2, 0.25) is 0 Å². The molecule has 1 aliphatic heterocycles. The SMILES string of the molecule is NC(=S)c1ccc(OCCOC2CCOC2)cc1. The van der Waals surface area contributed by atoms with Crippen LogP contribution in [0.2, 0.25) is 0 Å². The molecule has 1 aliphatic rings. The van der Waals surface area contributed by atoms with E-state index in [9.17, 15) is 0 Å². The van der Waals surface area contributed by atoms with Gasteiger partial charge in [0.1, 0.15) is 17.3 Å². The van der Waals surface area contributed by atoms with Crippen LogP contribution in [0.15, 0.2) is 24.3 Å². The summed E-state index contributed by atoms with van der Waals surface area (Å²) in [4.78, 5) is 0.395. The third-order valence-corrected chi connectivity index (χ3v) is 2.97. The van der Waals surface area contributed by atoms with Gasteiger partial charge in [-0.2, -0.15) is 0 Å². The van der Waals surface area contributed by atoms with Gasteiger partial charge in [0.15, 0.2) is 0 Å². The lowest BCUT2D eigenvalue weighted by Crippen LogP contribution is -2.17. The Morgan fingerprint density at radius 2 is 2.11 bits per heavy atom. The smallest absolute Gasteiger partial charge is 0.119 e. The minimum absolute atomic E-state index is 0.227. The van der Waals surface area contributed by atoms with Crippen molar-refractivity contribution in [1.82, 2.24) is 0 Å². The summed E-state index contributed by atoms with van der Waals surface area (Å²) in [7, 11) is 0. The normalized spacial score (nSPS) is 18.8. The molecule has 0 bridgehead atoms. The van der Waals surface area contributed by atoms with E-state index in [-0.39, 0.29) is 6.10 Å². The first-order valence-electron chi connectivity index (χ1n) is 5.98. The van der Waals surface area contributed by atoms with Crippen LogP contribution in [-0.2, 0) is 9.47 Å². The molecule has 98 valence electrons. The quantitative estimate of drug-likeness (QED) is 0.625. The second-order valence-corrected chi connectivity index (χ2v) is 4.53. The van der Waals surface area contributed by atoms with Crippen LogP contribution in [0.25, 0.3) is 0 Å². The molecular weight excluding hydrogens is 250 g/mol. The van der Waals surface area contributed by atoms with Crippen molar-refractivity contribution in [2.45, 2.75) is 12.5 Å². The lowest BCUT2D eigenvalue weighted by Gasteiger charge is -2.11. The van der Waals surface area contributed by atoms with E-state index in [4.69, 9.17) is 32.2 Å². The van der Waals surface area contributed by atoms with Crippen molar-refractivity contribution < 1.29 is 14.2 Å². The predicted octanol–water partition coefficient (Wildman–Crippen LogP) is 1.51. The van der Waals surface area contributed by atoms with E-state index in [2.05, 4.69) is 0 Å². The molecule has 1 aromatic rings. The van der Waals surface area contributed by atoms with Crippen LogP contribution in [0.5, 0.6) is 5.75 Å². The second kappa shape index (κ2) is 6.68. The van der Waals surface area contributed by atoms with Crippen molar-refractivity contribution in [2.24, 2.45) is 5.73 Å². The summed E-state index contributed by atoms with van der Waals surface area (Å²) in [6.45, 7) is 2.60. The zero-order valence-corrected chi connectivity index (χ0v) is 10.9. The first-order valence-corrected chi connectivity index (χ1v) is 6.38. The molecule has 0 aliphatic carbocycles. The zero-order valence-electron chi connectivity index (χ0n) is 10.1. The summed E-state index contributed by atoms with van der Waals surface area (Å²) in [6, 6.07) is 7.41. The first kappa shape index (κ1) is 13.3. The largest absolute Gasteiger partial charge is 0.491 e. The van der Waals surface area contributed by atoms with Crippen molar-refractivity contribution in [3.8, 4) is 5.75 Å². The highest BCUT2D eigenvalue weighted by Gasteiger charge is 2.15. The molecule has 0 aromatic heterocycles. The number of ether oxygens (including phenoxy) is 3. The minimum atomic E-state index is 0.227. The molecule has 0 spiro atoms. The van der Waals surface area contributed by atoms with Crippen molar-refractivity contribution in [3.05, 3.63) is 29.8 Å². The van der Waals surface area contributed by atoms with Crippen LogP contribution in [0, 0.1) is 0 Å². The minimum Gasteiger partial charge on any atom is -0.491 e. The molecule has 1 heterocycles. The molecular formula is C13H17NO3S. The molecule has 2 rings (SSSR count). The monoisotopic (exact) mass is 267 g/mol. The van der Waals surface area contributed by atoms with Crippen LogP contribution in [-0.4, -0.2) is 37.5 Å². The summed E-state index contributed by atoms with van der Waals surface area (Å²) in [5.41, 5.74) is 6.36. The van der Waals surface area contributed by atoms with E-state index in [1.54, 1.807) is 0 Å². The van der Waals surface area contributed by atoms with Gasteiger partial charge in [-0.05, 0) is 30.7 Å². The fourth-order valence-electron chi connectivity index (χ4n) is 1.73. The molecule has 0 saturated carbocycles. The molecule has 2 N–H and O–H groups in total. The lowest BCUT2D eigenvalue weighted by atomic mass is 10.2. The molecule has 0 amide bonds. The number of thiocarbonyl (C=S) groups is 1. The Labute approximate surface area is 112 Å². The third-order valence-electron chi connectivity index (χ3n) is 2.73. The van der Waals surface area contributed by atoms with E-state index >= 15 is 0 Å². The van der Waals surface area contributed by atoms with Crippen molar-refractivity contribution in [3.63, 3.8) is 0 Å². The first-order chi connectivity index (χ1) is 8.75. The maximum atomic E-state index is 5.60. The molecule has 1 saturated heterocycles. The molecule has 4 nitrogen and oxygen atoms in total. The van der Waals surface area contributed by atoms with Crippen LogP contribution in [0.1, 0.15) is 12.0 Å². The van der Waals surface area contributed by atoms with Crippen LogP contribution < -0.4 is 10.5 Å². The average molecular weight is 267 g/mol. The molecule has 1 unspecified atom stereocenters. The van der Waals surface area contributed by atoms with Gasteiger partial charge in [-0.25, -0.2) is 0 Å². The molecule has 5 heteroatoms. The van der Waals surface area contributed by atoms with Gasteiger partial charge in [-0.1, -0.05) is 12.2 Å². The van der Waals surface area contributed by atoms with Crippen LogP contribution >= 0.6 is 12.2 Å². The second-order valence-electron chi connectivity index (χ2n) is 4.09. The van der Waals surface area contributed by atoms with E-state index in [0.29, 0.717) is 24.8 Å². The van der Waals surface area contributed by atoms with Gasteiger partial charge in [0.05, 0.1) is 19.3 Å². The molecule has 18 heavy (non-hydrogen) atoms. The van der Waals surface area contributed by atoms with Gasteiger partial charge in [0, 0.05) is 12.2 Å². The Hall–Kier alpha value is -1.17. The highest BCUT2D eigenvalue weighted by Crippen LogP contribution is 2.12. The van der Waals surface area contributed by atoms with Crippen molar-refractivity contribution in [2.75, 3.05) is 26.4 Å². The van der Waals surface area contributed by atoms with Gasteiger partial charge >= 0.3 is 0 Å². The van der Waals surface area contributed by atoms with E-state index in [1.165, 1.54) is 0 Å². The fraction of sp³-hybridized carbons (Fsp3) is 0.462. The predicted molar refractivity (Wildman–Crippen MR) is 73.0 cm³/mol. The summed E-state index contributed by atoms with van der Waals surface area (Å²) in [6.07, 6.45) is 1.20. The molecule has 0 radical (unpaired) electrons. The summed E-state index contributed by atoms with van der Waals surface area (Å²) in [5, 5.41) is 0. The Morgan fingerprint density at radius 1 is 1.33 bits per heavy atom. The van der Waals surface area contributed by atoms with E-state index < -0.39 is 0 Å². The summed E-state index contributed by atoms with van der Waals surface area (Å²) >= 11 is 4.88. The molecule has 1 aromatic carbocycles. The van der Waals surface area contributed by atoms with Gasteiger partial charge in [-0.15, -0.1) is 0 Å².